The van der Waals surface area contributed by atoms with Crippen LogP contribution in [0.2, 0.25) is 0 Å². The molecule has 4 amide bonds. The van der Waals surface area contributed by atoms with Crippen molar-refractivity contribution in [1.29, 1.82) is 0 Å². The molecule has 1 unspecified atom stereocenters. The number of nitrogens with one attached hydrogen (secondary N) is 1. The third kappa shape index (κ3) is 2.61. The quantitative estimate of drug-likeness (QED) is 0.819. The molecule has 1 saturated heterocycles. The van der Waals surface area contributed by atoms with Crippen LogP contribution in [0, 0.1) is 0 Å². The molecule has 1 aliphatic heterocycles. The molecule has 0 spiro atoms. The minimum atomic E-state index is -1.33. The van der Waals surface area contributed by atoms with E-state index >= 15 is 0 Å². The lowest BCUT2D eigenvalue weighted by Gasteiger charge is -2.15. The van der Waals surface area contributed by atoms with Gasteiger partial charge in [0.15, 0.2) is 5.82 Å². The lowest BCUT2D eigenvalue weighted by atomic mass is 9.93. The summed E-state index contributed by atoms with van der Waals surface area (Å²) in [6, 6.07) is 0.874. The highest BCUT2D eigenvalue weighted by molar-refractivity contribution is 6.20. The second-order valence-corrected chi connectivity index (χ2v) is 5.87. The Morgan fingerprint density at radius 1 is 1.41 bits per heavy atom. The fourth-order valence-corrected chi connectivity index (χ4v) is 1.85. The predicted molar refractivity (Wildman–Crippen MR) is 75.2 cm³/mol. The molecule has 0 radical (unpaired) electrons. The van der Waals surface area contributed by atoms with E-state index in [0.29, 0.717) is 5.76 Å². The van der Waals surface area contributed by atoms with Crippen molar-refractivity contribution < 1.29 is 23.6 Å². The van der Waals surface area contributed by atoms with Gasteiger partial charge in [-0.15, -0.1) is 0 Å². The number of imide groups is 1. The minimum Gasteiger partial charge on any atom is -0.415 e. The topological polar surface area (TPSA) is 105 Å². The molecule has 0 saturated carbocycles. The average Bonchev–Trinajstić information content (AvgIpc) is 2.99. The van der Waals surface area contributed by atoms with E-state index < -0.39 is 24.3 Å². The lowest BCUT2D eigenvalue weighted by Crippen LogP contribution is -2.38. The number of carbonyl (C=O) groups excluding carboxylic acids is 3. The number of carbonyl (C=O) groups is 3. The van der Waals surface area contributed by atoms with Crippen LogP contribution in [0.5, 0.6) is 0 Å². The monoisotopic (exact) mass is 310 g/mol. The molecule has 1 fully saturated rings. The summed E-state index contributed by atoms with van der Waals surface area (Å²) >= 11 is 0. The van der Waals surface area contributed by atoms with Crippen molar-refractivity contribution in [3.8, 4) is 0 Å². The first kappa shape index (κ1) is 15.8. The molecule has 0 aliphatic carbocycles. The molecule has 1 N–H and O–H groups in total. The Morgan fingerprint density at radius 3 is 2.55 bits per heavy atom. The molecule has 1 aromatic rings. The maximum Gasteiger partial charge on any atom is 0.409 e. The van der Waals surface area contributed by atoms with E-state index in [-0.39, 0.29) is 11.2 Å². The van der Waals surface area contributed by atoms with Gasteiger partial charge in [-0.25, -0.2) is 14.5 Å². The standard InChI is InChI=1S/C13H18N4O5/c1-13(2,3)7-6-8(15-22-7)17-9(18)10(16(5)12(17)20)21-11(19)14-4/h6,10H,1-5H3,(H,14,19). The van der Waals surface area contributed by atoms with Crippen molar-refractivity contribution >= 4 is 23.8 Å². The van der Waals surface area contributed by atoms with E-state index in [4.69, 9.17) is 9.26 Å². The lowest BCUT2D eigenvalue weighted by molar-refractivity contribution is -0.128. The molecule has 22 heavy (non-hydrogen) atoms. The van der Waals surface area contributed by atoms with Crippen LogP contribution >= 0.6 is 0 Å². The first-order valence-electron chi connectivity index (χ1n) is 6.63. The van der Waals surface area contributed by atoms with Gasteiger partial charge in [-0.05, 0) is 0 Å². The summed E-state index contributed by atoms with van der Waals surface area (Å²) in [5.41, 5.74) is -0.318. The highest BCUT2D eigenvalue weighted by Crippen LogP contribution is 2.29. The summed E-state index contributed by atoms with van der Waals surface area (Å²) in [5, 5.41) is 5.98. The molecule has 1 aliphatic rings. The highest BCUT2D eigenvalue weighted by atomic mass is 16.6. The molecule has 9 heteroatoms. The van der Waals surface area contributed by atoms with Crippen molar-refractivity contribution in [3.05, 3.63) is 11.8 Å². The zero-order valence-electron chi connectivity index (χ0n) is 13.0. The summed E-state index contributed by atoms with van der Waals surface area (Å²) in [5.74, 6) is -0.110. The van der Waals surface area contributed by atoms with Crippen molar-refractivity contribution in [3.63, 3.8) is 0 Å². The third-order valence-corrected chi connectivity index (χ3v) is 3.17. The van der Waals surface area contributed by atoms with Gasteiger partial charge in [-0.3, -0.25) is 9.69 Å². The number of anilines is 1. The largest absolute Gasteiger partial charge is 0.415 e. The second-order valence-electron chi connectivity index (χ2n) is 5.87. The maximum absolute atomic E-state index is 12.3. The smallest absolute Gasteiger partial charge is 0.409 e. The van der Waals surface area contributed by atoms with E-state index in [9.17, 15) is 14.4 Å². The van der Waals surface area contributed by atoms with Crippen molar-refractivity contribution in [2.45, 2.75) is 32.4 Å². The number of alkyl carbamates (subject to hydrolysis) is 1. The van der Waals surface area contributed by atoms with Crippen molar-refractivity contribution in [1.82, 2.24) is 15.4 Å². The molecule has 120 valence electrons. The molecule has 1 atom stereocenters. The second kappa shape index (κ2) is 5.32. The fraction of sp³-hybridized carbons (Fsp3) is 0.538. The van der Waals surface area contributed by atoms with Crippen LogP contribution in [0.25, 0.3) is 0 Å². The number of aromatic nitrogens is 1. The Balaban J connectivity index is 2.28. The van der Waals surface area contributed by atoms with Gasteiger partial charge in [0.05, 0.1) is 0 Å². The number of hydrogen-bond acceptors (Lipinski definition) is 6. The van der Waals surface area contributed by atoms with Gasteiger partial charge in [0.2, 0.25) is 0 Å². The Morgan fingerprint density at radius 2 is 2.05 bits per heavy atom. The number of nitrogens with zero attached hydrogens (tertiary/aromatic N) is 3. The first-order valence-corrected chi connectivity index (χ1v) is 6.63. The van der Waals surface area contributed by atoms with Gasteiger partial charge < -0.3 is 14.6 Å². The average molecular weight is 310 g/mol. The SMILES string of the molecule is CNC(=O)OC1C(=O)N(c2cc(C(C)(C)C)on2)C(=O)N1C. The summed E-state index contributed by atoms with van der Waals surface area (Å²) in [6.07, 6.45) is -2.14. The van der Waals surface area contributed by atoms with Gasteiger partial charge in [0.1, 0.15) is 5.76 Å². The number of likely N-dealkylation sites (N-methyl/N-ethyl adjacent to an activating group) is 1. The van der Waals surface area contributed by atoms with Gasteiger partial charge in [-0.2, -0.15) is 0 Å². The maximum atomic E-state index is 12.3. The summed E-state index contributed by atoms with van der Waals surface area (Å²) in [7, 11) is 2.72. The molecule has 2 heterocycles. The Labute approximate surface area is 127 Å². The molecule has 1 aromatic heterocycles. The minimum absolute atomic E-state index is 0.0646. The van der Waals surface area contributed by atoms with E-state index in [1.807, 2.05) is 20.8 Å². The van der Waals surface area contributed by atoms with E-state index in [2.05, 4.69) is 10.5 Å². The van der Waals surface area contributed by atoms with E-state index in [1.54, 1.807) is 0 Å². The molecular formula is C13H18N4O5. The Hall–Kier alpha value is -2.58. The van der Waals surface area contributed by atoms with Crippen LogP contribution in [0.1, 0.15) is 26.5 Å². The van der Waals surface area contributed by atoms with Crippen LogP contribution < -0.4 is 10.2 Å². The number of ether oxygens (including phenoxy) is 1. The molecule has 2 rings (SSSR count). The summed E-state index contributed by atoms with van der Waals surface area (Å²) < 4.78 is 10.1. The predicted octanol–water partition coefficient (Wildman–Crippen LogP) is 1.05. The first-order chi connectivity index (χ1) is 10.2. The van der Waals surface area contributed by atoms with Gasteiger partial charge >= 0.3 is 12.1 Å². The van der Waals surface area contributed by atoms with Gasteiger partial charge in [-0.1, -0.05) is 25.9 Å². The van der Waals surface area contributed by atoms with Gasteiger partial charge in [0.25, 0.3) is 12.1 Å². The van der Waals surface area contributed by atoms with Crippen LogP contribution in [0.4, 0.5) is 15.4 Å². The third-order valence-electron chi connectivity index (χ3n) is 3.17. The van der Waals surface area contributed by atoms with Gasteiger partial charge in [0, 0.05) is 25.6 Å². The molecular weight excluding hydrogens is 292 g/mol. The molecule has 9 nitrogen and oxygen atoms in total. The fourth-order valence-electron chi connectivity index (χ4n) is 1.85. The van der Waals surface area contributed by atoms with Crippen LogP contribution in [0.3, 0.4) is 0 Å². The Bertz CT molecular complexity index is 618. The molecule has 0 bridgehead atoms. The normalized spacial score (nSPS) is 18.9. The van der Waals surface area contributed by atoms with Crippen molar-refractivity contribution in [2.75, 3.05) is 19.0 Å². The summed E-state index contributed by atoms with van der Waals surface area (Å²) in [6.45, 7) is 5.73. The number of rotatable bonds is 2. The summed E-state index contributed by atoms with van der Waals surface area (Å²) in [4.78, 5) is 37.6. The van der Waals surface area contributed by atoms with Crippen LogP contribution in [0.15, 0.2) is 10.6 Å². The Kier molecular flexibility index (Phi) is 3.82. The zero-order valence-corrected chi connectivity index (χ0v) is 13.0. The highest BCUT2D eigenvalue weighted by Gasteiger charge is 2.48. The van der Waals surface area contributed by atoms with E-state index in [0.717, 1.165) is 9.80 Å². The zero-order chi connectivity index (χ0) is 16.7. The molecule has 0 aromatic carbocycles. The van der Waals surface area contributed by atoms with E-state index in [1.165, 1.54) is 20.2 Å². The van der Waals surface area contributed by atoms with Crippen molar-refractivity contribution in [2.24, 2.45) is 0 Å². The number of amides is 4. The number of urea groups is 1. The van der Waals surface area contributed by atoms with Crippen LogP contribution in [-0.4, -0.2) is 48.4 Å². The van der Waals surface area contributed by atoms with Crippen LogP contribution in [-0.2, 0) is 14.9 Å². The number of hydrogen-bond donors (Lipinski definition) is 1.